The summed E-state index contributed by atoms with van der Waals surface area (Å²) < 4.78 is 7.50. The van der Waals surface area contributed by atoms with E-state index in [4.69, 9.17) is 4.74 Å². The number of ether oxygens (including phenoxy) is 1. The SMILES string of the molecule is COc1cccc2c1c(C(O)C1CCCN1)cn2C. The summed E-state index contributed by atoms with van der Waals surface area (Å²) in [5, 5.41) is 15.0. The highest BCUT2D eigenvalue weighted by molar-refractivity contribution is 5.90. The molecule has 0 spiro atoms. The van der Waals surface area contributed by atoms with Crippen LogP contribution in [0.25, 0.3) is 10.9 Å². The Morgan fingerprint density at radius 2 is 2.32 bits per heavy atom. The molecule has 2 unspecified atom stereocenters. The molecule has 1 aromatic heterocycles. The van der Waals surface area contributed by atoms with E-state index in [1.165, 1.54) is 0 Å². The quantitative estimate of drug-likeness (QED) is 0.887. The van der Waals surface area contributed by atoms with E-state index < -0.39 is 6.10 Å². The largest absolute Gasteiger partial charge is 0.496 e. The number of aromatic nitrogens is 1. The van der Waals surface area contributed by atoms with Crippen LogP contribution in [-0.2, 0) is 7.05 Å². The van der Waals surface area contributed by atoms with Crippen LogP contribution in [0, 0.1) is 0 Å². The van der Waals surface area contributed by atoms with Crippen molar-refractivity contribution in [2.75, 3.05) is 13.7 Å². The standard InChI is InChI=1S/C15H20N2O2/c1-17-9-10(15(18)11-5-4-8-16-11)14-12(17)6-3-7-13(14)19-2/h3,6-7,9,11,15-16,18H,4-5,8H2,1-2H3. The lowest BCUT2D eigenvalue weighted by atomic mass is 10.00. The van der Waals surface area contributed by atoms with E-state index in [0.717, 1.165) is 41.6 Å². The van der Waals surface area contributed by atoms with Crippen LogP contribution in [0.5, 0.6) is 5.75 Å². The van der Waals surface area contributed by atoms with Gasteiger partial charge in [-0.25, -0.2) is 0 Å². The number of benzene rings is 1. The molecule has 4 nitrogen and oxygen atoms in total. The summed E-state index contributed by atoms with van der Waals surface area (Å²) >= 11 is 0. The van der Waals surface area contributed by atoms with E-state index in [-0.39, 0.29) is 6.04 Å². The molecule has 1 aliphatic rings. The number of fused-ring (bicyclic) bond motifs is 1. The van der Waals surface area contributed by atoms with Crippen LogP contribution in [0.15, 0.2) is 24.4 Å². The Morgan fingerprint density at radius 3 is 3.00 bits per heavy atom. The van der Waals surface area contributed by atoms with Gasteiger partial charge in [0.15, 0.2) is 0 Å². The molecule has 2 aromatic rings. The number of aryl methyl sites for hydroxylation is 1. The first-order chi connectivity index (χ1) is 9.22. The zero-order chi connectivity index (χ0) is 13.4. The van der Waals surface area contributed by atoms with E-state index in [1.54, 1.807) is 7.11 Å². The molecule has 19 heavy (non-hydrogen) atoms. The highest BCUT2D eigenvalue weighted by Crippen LogP contribution is 2.35. The molecule has 0 saturated carbocycles. The monoisotopic (exact) mass is 260 g/mol. The molecule has 1 aliphatic heterocycles. The predicted molar refractivity (Wildman–Crippen MR) is 75.5 cm³/mol. The lowest BCUT2D eigenvalue weighted by Crippen LogP contribution is -2.28. The maximum atomic E-state index is 10.6. The van der Waals surface area contributed by atoms with Crippen LogP contribution in [0.2, 0.25) is 0 Å². The molecule has 102 valence electrons. The van der Waals surface area contributed by atoms with E-state index in [2.05, 4.69) is 11.4 Å². The van der Waals surface area contributed by atoms with Crippen molar-refractivity contribution in [1.29, 1.82) is 0 Å². The lowest BCUT2D eigenvalue weighted by Gasteiger charge is -2.18. The first-order valence-electron chi connectivity index (χ1n) is 6.75. The molecule has 2 heterocycles. The van der Waals surface area contributed by atoms with Crippen LogP contribution in [-0.4, -0.2) is 29.4 Å². The second kappa shape index (κ2) is 4.87. The van der Waals surface area contributed by atoms with Crippen molar-refractivity contribution in [2.45, 2.75) is 25.0 Å². The summed E-state index contributed by atoms with van der Waals surface area (Å²) in [6, 6.07) is 6.12. The Labute approximate surface area is 113 Å². The Bertz CT molecular complexity index is 585. The van der Waals surface area contributed by atoms with Crippen LogP contribution in [0.3, 0.4) is 0 Å². The summed E-state index contributed by atoms with van der Waals surface area (Å²) in [5.41, 5.74) is 2.04. The molecule has 4 heteroatoms. The smallest absolute Gasteiger partial charge is 0.128 e. The van der Waals surface area contributed by atoms with Crippen molar-refractivity contribution in [3.05, 3.63) is 30.0 Å². The molecule has 1 aromatic carbocycles. The molecule has 0 amide bonds. The van der Waals surface area contributed by atoms with Crippen LogP contribution >= 0.6 is 0 Å². The number of hydrogen-bond donors (Lipinski definition) is 2. The van der Waals surface area contributed by atoms with E-state index in [9.17, 15) is 5.11 Å². The molecule has 1 saturated heterocycles. The minimum atomic E-state index is -0.484. The van der Waals surface area contributed by atoms with E-state index in [0.29, 0.717) is 0 Å². The van der Waals surface area contributed by atoms with Crippen LogP contribution in [0.4, 0.5) is 0 Å². The number of aliphatic hydroxyl groups excluding tert-OH is 1. The summed E-state index contributed by atoms with van der Waals surface area (Å²) in [4.78, 5) is 0. The average Bonchev–Trinajstić information content (AvgIpc) is 3.06. The molecule has 0 bridgehead atoms. The van der Waals surface area contributed by atoms with Gasteiger partial charge in [0.05, 0.1) is 18.7 Å². The number of nitrogens with one attached hydrogen (secondary N) is 1. The van der Waals surface area contributed by atoms with Gasteiger partial charge in [-0.2, -0.15) is 0 Å². The van der Waals surface area contributed by atoms with Gasteiger partial charge in [0.1, 0.15) is 5.75 Å². The van der Waals surface area contributed by atoms with Gasteiger partial charge in [0.2, 0.25) is 0 Å². The third-order valence-corrected chi connectivity index (χ3v) is 4.02. The van der Waals surface area contributed by atoms with Crippen molar-refractivity contribution < 1.29 is 9.84 Å². The topological polar surface area (TPSA) is 46.4 Å². The molecule has 2 N–H and O–H groups in total. The molecular weight excluding hydrogens is 240 g/mol. The van der Waals surface area contributed by atoms with Gasteiger partial charge in [0.25, 0.3) is 0 Å². The molecule has 2 atom stereocenters. The minimum Gasteiger partial charge on any atom is -0.496 e. The average molecular weight is 260 g/mol. The second-order valence-electron chi connectivity index (χ2n) is 5.20. The fraction of sp³-hybridized carbons (Fsp3) is 0.467. The summed E-state index contributed by atoms with van der Waals surface area (Å²) in [6.45, 7) is 0.990. The normalized spacial score (nSPS) is 20.9. The first-order valence-corrected chi connectivity index (χ1v) is 6.75. The summed E-state index contributed by atoms with van der Waals surface area (Å²) in [7, 11) is 3.67. The van der Waals surface area contributed by atoms with E-state index in [1.807, 2.05) is 29.9 Å². The highest BCUT2D eigenvalue weighted by atomic mass is 16.5. The fourth-order valence-corrected chi connectivity index (χ4v) is 3.04. The molecule has 0 aliphatic carbocycles. The maximum Gasteiger partial charge on any atom is 0.128 e. The van der Waals surface area contributed by atoms with Gasteiger partial charge in [0, 0.05) is 30.2 Å². The van der Waals surface area contributed by atoms with Crippen molar-refractivity contribution in [1.82, 2.24) is 9.88 Å². The maximum absolute atomic E-state index is 10.6. The zero-order valence-corrected chi connectivity index (χ0v) is 11.4. The predicted octanol–water partition coefficient (Wildman–Crippen LogP) is 1.97. The molecule has 3 rings (SSSR count). The van der Waals surface area contributed by atoms with Crippen LogP contribution in [0.1, 0.15) is 24.5 Å². The third kappa shape index (κ3) is 2.01. The van der Waals surface area contributed by atoms with Gasteiger partial charge >= 0.3 is 0 Å². The number of aliphatic hydroxyl groups is 1. The summed E-state index contributed by atoms with van der Waals surface area (Å²) in [5.74, 6) is 0.824. The number of rotatable bonds is 3. The molecule has 0 radical (unpaired) electrons. The second-order valence-corrected chi connectivity index (χ2v) is 5.20. The van der Waals surface area contributed by atoms with Crippen molar-refractivity contribution in [2.24, 2.45) is 7.05 Å². The van der Waals surface area contributed by atoms with Crippen molar-refractivity contribution in [3.8, 4) is 5.75 Å². The fourth-order valence-electron chi connectivity index (χ4n) is 3.04. The minimum absolute atomic E-state index is 0.149. The van der Waals surface area contributed by atoms with Gasteiger partial charge in [-0.1, -0.05) is 6.07 Å². The Balaban J connectivity index is 2.12. The number of nitrogens with zero attached hydrogens (tertiary/aromatic N) is 1. The Kier molecular flexibility index (Phi) is 3.21. The lowest BCUT2D eigenvalue weighted by molar-refractivity contribution is 0.138. The number of hydrogen-bond acceptors (Lipinski definition) is 3. The van der Waals surface area contributed by atoms with Crippen LogP contribution < -0.4 is 10.1 Å². The summed E-state index contributed by atoms with van der Waals surface area (Å²) in [6.07, 6.45) is 3.68. The Hall–Kier alpha value is -1.52. The van der Waals surface area contributed by atoms with E-state index >= 15 is 0 Å². The van der Waals surface area contributed by atoms with Crippen molar-refractivity contribution in [3.63, 3.8) is 0 Å². The molecule has 1 fully saturated rings. The molecular formula is C15H20N2O2. The Morgan fingerprint density at radius 1 is 1.47 bits per heavy atom. The van der Waals surface area contributed by atoms with Gasteiger partial charge < -0.3 is 19.7 Å². The first kappa shape index (κ1) is 12.5. The van der Waals surface area contributed by atoms with Gasteiger partial charge in [-0.3, -0.25) is 0 Å². The van der Waals surface area contributed by atoms with Gasteiger partial charge in [-0.15, -0.1) is 0 Å². The number of methoxy groups -OCH3 is 1. The third-order valence-electron chi connectivity index (χ3n) is 4.02. The van der Waals surface area contributed by atoms with Crippen molar-refractivity contribution >= 4 is 10.9 Å². The van der Waals surface area contributed by atoms with Gasteiger partial charge in [-0.05, 0) is 31.5 Å². The highest BCUT2D eigenvalue weighted by Gasteiger charge is 2.27. The zero-order valence-electron chi connectivity index (χ0n) is 11.4.